The predicted molar refractivity (Wildman–Crippen MR) is 64.2 cm³/mol. The maximum atomic E-state index is 11.5. The third-order valence-corrected chi connectivity index (χ3v) is 2.48. The van der Waals surface area contributed by atoms with Gasteiger partial charge in [0.05, 0.1) is 6.61 Å². The first kappa shape index (κ1) is 12.7. The second-order valence-electron chi connectivity index (χ2n) is 3.62. The van der Waals surface area contributed by atoms with Gasteiger partial charge in [0.2, 0.25) is 0 Å². The van der Waals surface area contributed by atoms with Crippen LogP contribution >= 0.6 is 0 Å². The highest BCUT2D eigenvalue weighted by atomic mass is 16.5. The minimum Gasteiger partial charge on any atom is -0.465 e. The first-order valence-electron chi connectivity index (χ1n) is 5.65. The molecule has 1 aromatic carbocycles. The average molecular weight is 221 g/mol. The molecule has 88 valence electrons. The lowest BCUT2D eigenvalue weighted by molar-refractivity contribution is -0.145. The van der Waals surface area contributed by atoms with E-state index in [1.807, 2.05) is 25.1 Å². The van der Waals surface area contributed by atoms with Gasteiger partial charge in [-0.3, -0.25) is 4.79 Å². The number of hydrogen-bond acceptors (Lipinski definition) is 3. The number of ether oxygens (including phenoxy) is 1. The van der Waals surface area contributed by atoms with Crippen molar-refractivity contribution < 1.29 is 9.53 Å². The molecule has 0 aromatic heterocycles. The smallest absolute Gasteiger partial charge is 0.323 e. The fourth-order valence-corrected chi connectivity index (χ4v) is 1.58. The monoisotopic (exact) mass is 221 g/mol. The predicted octanol–water partition coefficient (Wildman–Crippen LogP) is 1.77. The zero-order valence-electron chi connectivity index (χ0n) is 9.90. The third kappa shape index (κ3) is 4.03. The van der Waals surface area contributed by atoms with Crippen molar-refractivity contribution in [2.24, 2.45) is 0 Å². The lowest BCUT2D eigenvalue weighted by Crippen LogP contribution is -2.35. The summed E-state index contributed by atoms with van der Waals surface area (Å²) in [5.74, 6) is -0.166. The number of carbonyl (C=O) groups excluding carboxylic acids is 1. The van der Waals surface area contributed by atoms with Crippen LogP contribution < -0.4 is 5.32 Å². The quantitative estimate of drug-likeness (QED) is 0.744. The molecule has 0 spiro atoms. The highest BCUT2D eigenvalue weighted by Gasteiger charge is 2.16. The molecule has 1 aromatic rings. The number of hydrogen-bond donors (Lipinski definition) is 1. The van der Waals surface area contributed by atoms with Crippen LogP contribution in [-0.2, 0) is 16.0 Å². The molecule has 0 unspecified atom stereocenters. The topological polar surface area (TPSA) is 38.3 Å². The fraction of sp³-hybridized carbons (Fsp3) is 0.462. The van der Waals surface area contributed by atoms with Gasteiger partial charge in [-0.05, 0) is 32.4 Å². The van der Waals surface area contributed by atoms with Crippen LogP contribution in [-0.4, -0.2) is 25.7 Å². The van der Waals surface area contributed by atoms with Gasteiger partial charge in [-0.15, -0.1) is 0 Å². The van der Waals surface area contributed by atoms with E-state index in [0.29, 0.717) is 6.61 Å². The lowest BCUT2D eigenvalue weighted by Gasteiger charge is -2.14. The van der Waals surface area contributed by atoms with E-state index in [0.717, 1.165) is 12.8 Å². The Morgan fingerprint density at radius 3 is 2.62 bits per heavy atom. The van der Waals surface area contributed by atoms with E-state index >= 15 is 0 Å². The highest BCUT2D eigenvalue weighted by Crippen LogP contribution is 2.05. The van der Waals surface area contributed by atoms with Crippen molar-refractivity contribution in [2.45, 2.75) is 25.8 Å². The second-order valence-corrected chi connectivity index (χ2v) is 3.62. The molecule has 3 nitrogen and oxygen atoms in total. The second kappa shape index (κ2) is 7.01. The van der Waals surface area contributed by atoms with Crippen molar-refractivity contribution in [1.29, 1.82) is 0 Å². The normalized spacial score (nSPS) is 12.1. The molecule has 0 aliphatic heterocycles. The van der Waals surface area contributed by atoms with Gasteiger partial charge in [-0.25, -0.2) is 0 Å². The van der Waals surface area contributed by atoms with E-state index in [9.17, 15) is 4.79 Å². The summed E-state index contributed by atoms with van der Waals surface area (Å²) in [5, 5.41) is 2.98. The van der Waals surface area contributed by atoms with E-state index in [1.54, 1.807) is 7.05 Å². The fourth-order valence-electron chi connectivity index (χ4n) is 1.58. The number of nitrogens with one attached hydrogen (secondary N) is 1. The molecule has 0 saturated carbocycles. The summed E-state index contributed by atoms with van der Waals surface area (Å²) in [6.07, 6.45) is 1.64. The first-order valence-corrected chi connectivity index (χ1v) is 5.65. The van der Waals surface area contributed by atoms with E-state index in [2.05, 4.69) is 17.4 Å². The Labute approximate surface area is 96.8 Å². The molecule has 1 N–H and O–H groups in total. The van der Waals surface area contributed by atoms with Crippen LogP contribution in [0.1, 0.15) is 18.9 Å². The SMILES string of the molecule is CCOC(=O)[C@H](CCc1ccccc1)NC. The van der Waals surface area contributed by atoms with Crippen LogP contribution in [0, 0.1) is 0 Å². The molecule has 0 heterocycles. The number of benzene rings is 1. The summed E-state index contributed by atoms with van der Waals surface area (Å²) in [6.45, 7) is 2.25. The van der Waals surface area contributed by atoms with E-state index in [4.69, 9.17) is 4.74 Å². The lowest BCUT2D eigenvalue weighted by atomic mass is 10.1. The molecule has 0 aliphatic rings. The zero-order chi connectivity index (χ0) is 11.8. The number of esters is 1. The zero-order valence-corrected chi connectivity index (χ0v) is 9.90. The van der Waals surface area contributed by atoms with E-state index < -0.39 is 0 Å². The Bertz CT molecular complexity index is 311. The highest BCUT2D eigenvalue weighted by molar-refractivity contribution is 5.75. The maximum absolute atomic E-state index is 11.5. The van der Waals surface area contributed by atoms with Crippen molar-refractivity contribution in [3.05, 3.63) is 35.9 Å². The summed E-state index contributed by atoms with van der Waals surface area (Å²) in [7, 11) is 1.78. The molecule has 0 aliphatic carbocycles. The van der Waals surface area contributed by atoms with Crippen LogP contribution in [0.4, 0.5) is 0 Å². The molecule has 0 fully saturated rings. The number of aryl methyl sites for hydroxylation is 1. The van der Waals surface area contributed by atoms with Crippen molar-refractivity contribution >= 4 is 5.97 Å². The van der Waals surface area contributed by atoms with Crippen LogP contribution in [0.5, 0.6) is 0 Å². The number of likely N-dealkylation sites (N-methyl/N-ethyl adjacent to an activating group) is 1. The molecule has 1 atom stereocenters. The Kier molecular flexibility index (Phi) is 5.57. The molecule has 0 radical (unpaired) electrons. The van der Waals surface area contributed by atoms with Crippen LogP contribution in [0.3, 0.4) is 0 Å². The van der Waals surface area contributed by atoms with Gasteiger partial charge in [0, 0.05) is 0 Å². The first-order chi connectivity index (χ1) is 7.77. The molecule has 1 rings (SSSR count). The van der Waals surface area contributed by atoms with Gasteiger partial charge < -0.3 is 10.1 Å². The van der Waals surface area contributed by atoms with Crippen LogP contribution in [0.2, 0.25) is 0 Å². The Hall–Kier alpha value is -1.35. The molecule has 16 heavy (non-hydrogen) atoms. The third-order valence-electron chi connectivity index (χ3n) is 2.48. The van der Waals surface area contributed by atoms with Gasteiger partial charge >= 0.3 is 5.97 Å². The Morgan fingerprint density at radius 1 is 1.38 bits per heavy atom. The van der Waals surface area contributed by atoms with E-state index in [1.165, 1.54) is 5.56 Å². The van der Waals surface area contributed by atoms with Crippen molar-refractivity contribution in [1.82, 2.24) is 5.32 Å². The van der Waals surface area contributed by atoms with Gasteiger partial charge in [-0.2, -0.15) is 0 Å². The summed E-state index contributed by atoms with van der Waals surface area (Å²) < 4.78 is 4.98. The van der Waals surface area contributed by atoms with Crippen LogP contribution in [0.15, 0.2) is 30.3 Å². The molecule has 0 amide bonds. The minimum atomic E-state index is -0.208. The molecular weight excluding hydrogens is 202 g/mol. The minimum absolute atomic E-state index is 0.166. The molecule has 0 bridgehead atoms. The van der Waals surface area contributed by atoms with E-state index in [-0.39, 0.29) is 12.0 Å². The summed E-state index contributed by atoms with van der Waals surface area (Å²) in [4.78, 5) is 11.5. The van der Waals surface area contributed by atoms with Gasteiger partial charge in [0.15, 0.2) is 0 Å². The van der Waals surface area contributed by atoms with Gasteiger partial charge in [-0.1, -0.05) is 30.3 Å². The summed E-state index contributed by atoms with van der Waals surface area (Å²) in [6, 6.07) is 9.93. The maximum Gasteiger partial charge on any atom is 0.323 e. The molecule has 3 heteroatoms. The average Bonchev–Trinajstić information content (AvgIpc) is 2.31. The molecule has 0 saturated heterocycles. The number of rotatable bonds is 6. The summed E-state index contributed by atoms with van der Waals surface area (Å²) >= 11 is 0. The standard InChI is InChI=1S/C13H19NO2/c1-3-16-13(15)12(14-2)10-9-11-7-5-4-6-8-11/h4-8,12,14H,3,9-10H2,1-2H3/t12-/m0/s1. The molecular formula is C13H19NO2. The van der Waals surface area contributed by atoms with Gasteiger partial charge in [0.1, 0.15) is 6.04 Å². The largest absolute Gasteiger partial charge is 0.465 e. The Morgan fingerprint density at radius 2 is 2.06 bits per heavy atom. The summed E-state index contributed by atoms with van der Waals surface area (Å²) in [5.41, 5.74) is 1.24. The van der Waals surface area contributed by atoms with Gasteiger partial charge in [0.25, 0.3) is 0 Å². The van der Waals surface area contributed by atoms with Crippen molar-refractivity contribution in [3.63, 3.8) is 0 Å². The Balaban J connectivity index is 2.43. The van der Waals surface area contributed by atoms with Crippen molar-refractivity contribution in [2.75, 3.05) is 13.7 Å². The van der Waals surface area contributed by atoms with Crippen LogP contribution in [0.25, 0.3) is 0 Å². The number of carbonyl (C=O) groups is 1. The van der Waals surface area contributed by atoms with Crippen molar-refractivity contribution in [3.8, 4) is 0 Å².